The van der Waals surface area contributed by atoms with Crippen molar-refractivity contribution in [3.05, 3.63) is 22.8 Å². The van der Waals surface area contributed by atoms with Crippen molar-refractivity contribution in [2.45, 2.75) is 20.0 Å². The molecule has 0 bridgehead atoms. The van der Waals surface area contributed by atoms with Crippen LogP contribution in [0.3, 0.4) is 0 Å². The number of ether oxygens (including phenoxy) is 1. The Hall–Kier alpha value is -1.01. The van der Waals surface area contributed by atoms with Gasteiger partial charge in [0.15, 0.2) is 0 Å². The van der Waals surface area contributed by atoms with Gasteiger partial charge in [-0.1, -0.05) is 11.6 Å². The zero-order valence-electron chi connectivity index (χ0n) is 10.8. The fourth-order valence-electron chi connectivity index (χ4n) is 1.56. The van der Waals surface area contributed by atoms with Crippen molar-refractivity contribution < 1.29 is 17.9 Å². The van der Waals surface area contributed by atoms with Crippen molar-refractivity contribution in [1.29, 1.82) is 0 Å². The molecule has 1 aromatic rings. The summed E-state index contributed by atoms with van der Waals surface area (Å²) in [6.45, 7) is 5.68. The largest absolute Gasteiger partial charge is 0.416 e. The molecule has 0 aliphatic heterocycles. The van der Waals surface area contributed by atoms with E-state index in [0.29, 0.717) is 26.3 Å². The second kappa shape index (κ2) is 6.96. The number of pyridine rings is 1. The van der Waals surface area contributed by atoms with Crippen molar-refractivity contribution in [1.82, 2.24) is 4.98 Å². The third kappa shape index (κ3) is 4.87. The summed E-state index contributed by atoms with van der Waals surface area (Å²) in [6, 6.07) is 1.82. The predicted molar refractivity (Wildman–Crippen MR) is 68.6 cm³/mol. The van der Waals surface area contributed by atoms with Crippen LogP contribution in [0, 0.1) is 0 Å². The van der Waals surface area contributed by atoms with Crippen molar-refractivity contribution in [3.63, 3.8) is 0 Å². The number of hydrogen-bond donors (Lipinski definition) is 0. The van der Waals surface area contributed by atoms with Gasteiger partial charge in [0.1, 0.15) is 11.0 Å². The highest BCUT2D eigenvalue weighted by molar-refractivity contribution is 6.29. The highest BCUT2D eigenvalue weighted by atomic mass is 35.5. The molecule has 0 aromatic carbocycles. The lowest BCUT2D eigenvalue weighted by Crippen LogP contribution is -2.28. The van der Waals surface area contributed by atoms with Crippen LogP contribution in [0.25, 0.3) is 0 Å². The highest BCUT2D eigenvalue weighted by Crippen LogP contribution is 2.32. The molecule has 0 aliphatic rings. The lowest BCUT2D eigenvalue weighted by Gasteiger charge is -2.22. The van der Waals surface area contributed by atoms with Crippen LogP contribution in [0.4, 0.5) is 19.0 Å². The van der Waals surface area contributed by atoms with Crippen LogP contribution in [-0.2, 0) is 10.9 Å². The van der Waals surface area contributed by atoms with E-state index in [-0.39, 0.29) is 11.0 Å². The molecule has 0 atom stereocenters. The minimum atomic E-state index is -4.43. The van der Waals surface area contributed by atoms with E-state index < -0.39 is 11.7 Å². The van der Waals surface area contributed by atoms with Gasteiger partial charge in [0.2, 0.25) is 0 Å². The Morgan fingerprint density at radius 3 is 2.53 bits per heavy atom. The normalized spacial score (nSPS) is 11.7. The molecule has 7 heteroatoms. The van der Waals surface area contributed by atoms with Gasteiger partial charge in [0.05, 0.1) is 12.2 Å². The zero-order valence-corrected chi connectivity index (χ0v) is 11.6. The lowest BCUT2D eigenvalue weighted by molar-refractivity contribution is -0.137. The molecule has 0 spiro atoms. The molecule has 0 amide bonds. The third-order valence-electron chi connectivity index (χ3n) is 2.52. The topological polar surface area (TPSA) is 25.4 Å². The Labute approximate surface area is 115 Å². The summed E-state index contributed by atoms with van der Waals surface area (Å²) in [6.07, 6.45) is -4.43. The summed E-state index contributed by atoms with van der Waals surface area (Å²) >= 11 is 5.65. The monoisotopic (exact) mass is 296 g/mol. The van der Waals surface area contributed by atoms with Gasteiger partial charge in [-0.05, 0) is 26.0 Å². The molecule has 0 saturated heterocycles. The highest BCUT2D eigenvalue weighted by Gasteiger charge is 2.32. The van der Waals surface area contributed by atoms with Crippen LogP contribution in [0.2, 0.25) is 5.15 Å². The van der Waals surface area contributed by atoms with E-state index in [4.69, 9.17) is 16.3 Å². The van der Waals surface area contributed by atoms with Crippen molar-refractivity contribution in [2.75, 3.05) is 31.2 Å². The van der Waals surface area contributed by atoms with E-state index in [0.717, 1.165) is 12.1 Å². The number of anilines is 1. The number of halogens is 4. The minimum Gasteiger partial charge on any atom is -0.380 e. The average Bonchev–Trinajstić information content (AvgIpc) is 2.33. The molecule has 19 heavy (non-hydrogen) atoms. The second-order valence-corrected chi connectivity index (χ2v) is 4.20. The van der Waals surface area contributed by atoms with Crippen LogP contribution in [-0.4, -0.2) is 31.3 Å². The minimum absolute atomic E-state index is 0.167. The molecule has 1 aromatic heterocycles. The molecule has 108 valence electrons. The van der Waals surface area contributed by atoms with E-state index in [1.165, 1.54) is 0 Å². The van der Waals surface area contributed by atoms with Crippen LogP contribution in [0.1, 0.15) is 19.4 Å². The molecule has 0 saturated carbocycles. The van der Waals surface area contributed by atoms with Gasteiger partial charge in [-0.2, -0.15) is 13.2 Å². The van der Waals surface area contributed by atoms with E-state index in [1.54, 1.807) is 4.90 Å². The number of alkyl halides is 3. The molecule has 0 radical (unpaired) electrons. The number of hydrogen-bond acceptors (Lipinski definition) is 3. The fraction of sp³-hybridized carbons (Fsp3) is 0.583. The summed E-state index contributed by atoms with van der Waals surface area (Å²) in [5.41, 5.74) is -0.794. The van der Waals surface area contributed by atoms with Crippen molar-refractivity contribution in [2.24, 2.45) is 0 Å². The van der Waals surface area contributed by atoms with Crippen LogP contribution < -0.4 is 4.90 Å². The second-order valence-electron chi connectivity index (χ2n) is 3.81. The number of likely N-dealkylation sites (N-methyl/N-ethyl adjacent to an activating group) is 1. The first kappa shape index (κ1) is 16.0. The molecule has 0 N–H and O–H groups in total. The molecule has 3 nitrogen and oxygen atoms in total. The van der Waals surface area contributed by atoms with Crippen LogP contribution in [0.15, 0.2) is 12.1 Å². The van der Waals surface area contributed by atoms with Crippen molar-refractivity contribution in [3.8, 4) is 0 Å². The third-order valence-corrected chi connectivity index (χ3v) is 2.72. The van der Waals surface area contributed by atoms with Gasteiger partial charge in [-0.15, -0.1) is 0 Å². The summed E-state index contributed by atoms with van der Waals surface area (Å²) in [4.78, 5) is 5.62. The van der Waals surface area contributed by atoms with Gasteiger partial charge in [0.25, 0.3) is 0 Å². The summed E-state index contributed by atoms with van der Waals surface area (Å²) in [5, 5.41) is -0.167. The molecular formula is C12H16ClF3N2O. The van der Waals surface area contributed by atoms with Gasteiger partial charge in [0, 0.05) is 19.7 Å². The van der Waals surface area contributed by atoms with Gasteiger partial charge < -0.3 is 9.64 Å². The first-order valence-electron chi connectivity index (χ1n) is 5.96. The maximum absolute atomic E-state index is 12.7. The average molecular weight is 297 g/mol. The van der Waals surface area contributed by atoms with E-state index in [2.05, 4.69) is 4.98 Å². The molecule has 0 fully saturated rings. The Kier molecular flexibility index (Phi) is 5.87. The smallest absolute Gasteiger partial charge is 0.380 e. The number of rotatable bonds is 6. The summed E-state index contributed by atoms with van der Waals surface area (Å²) in [5.74, 6) is 0.210. The van der Waals surface area contributed by atoms with E-state index in [9.17, 15) is 13.2 Å². The molecule has 0 aliphatic carbocycles. The molecule has 0 unspecified atom stereocenters. The zero-order chi connectivity index (χ0) is 14.5. The Morgan fingerprint density at radius 1 is 1.32 bits per heavy atom. The standard InChI is InChI=1S/C12H16ClF3N2O/c1-3-18(5-6-19-4-2)11-8-9(12(14,15)16)7-10(13)17-11/h7-8H,3-6H2,1-2H3. The van der Waals surface area contributed by atoms with Gasteiger partial charge in [-0.25, -0.2) is 4.98 Å². The number of nitrogens with zero attached hydrogens (tertiary/aromatic N) is 2. The first-order chi connectivity index (χ1) is 8.88. The molecular weight excluding hydrogens is 281 g/mol. The maximum atomic E-state index is 12.7. The molecule has 1 heterocycles. The van der Waals surface area contributed by atoms with E-state index in [1.807, 2.05) is 13.8 Å². The van der Waals surface area contributed by atoms with Gasteiger partial charge >= 0.3 is 6.18 Å². The summed E-state index contributed by atoms with van der Waals surface area (Å²) in [7, 11) is 0. The number of aromatic nitrogens is 1. The SMILES string of the molecule is CCOCCN(CC)c1cc(C(F)(F)F)cc(Cl)n1. The maximum Gasteiger partial charge on any atom is 0.416 e. The van der Waals surface area contributed by atoms with Gasteiger partial charge in [-0.3, -0.25) is 0 Å². The summed E-state index contributed by atoms with van der Waals surface area (Å²) < 4.78 is 43.3. The first-order valence-corrected chi connectivity index (χ1v) is 6.33. The Balaban J connectivity index is 2.94. The Bertz CT molecular complexity index is 412. The quantitative estimate of drug-likeness (QED) is 0.592. The predicted octanol–water partition coefficient (Wildman–Crippen LogP) is 3.62. The van der Waals surface area contributed by atoms with Crippen LogP contribution >= 0.6 is 11.6 Å². The van der Waals surface area contributed by atoms with E-state index >= 15 is 0 Å². The van der Waals surface area contributed by atoms with Crippen LogP contribution in [0.5, 0.6) is 0 Å². The van der Waals surface area contributed by atoms with Crippen molar-refractivity contribution >= 4 is 17.4 Å². The Morgan fingerprint density at radius 2 is 2.00 bits per heavy atom. The molecule has 1 rings (SSSR count). The lowest BCUT2D eigenvalue weighted by atomic mass is 10.2. The fourth-order valence-corrected chi connectivity index (χ4v) is 1.77.